The van der Waals surface area contributed by atoms with Crippen molar-refractivity contribution in [2.24, 2.45) is 5.92 Å². The molecule has 2 fully saturated rings. The molecule has 1 aliphatic heterocycles. The van der Waals surface area contributed by atoms with Crippen LogP contribution in [0.1, 0.15) is 37.7 Å². The van der Waals surface area contributed by atoms with Gasteiger partial charge in [0.05, 0.1) is 17.3 Å². The fourth-order valence-electron chi connectivity index (χ4n) is 3.54. The van der Waals surface area contributed by atoms with Gasteiger partial charge in [0, 0.05) is 6.04 Å². The van der Waals surface area contributed by atoms with Crippen molar-refractivity contribution in [2.75, 3.05) is 5.32 Å². The largest absolute Gasteiger partial charge is 0.416 e. The van der Waals surface area contributed by atoms with Gasteiger partial charge in [-0.15, -0.1) is 0 Å². The number of amides is 1. The standard InChI is InChI=1S/C16H18F4N2O/c17-11-6-5-10(16(18,19)20)8-13(11)22-15(23)14-7-9-3-1-2-4-12(9)21-14/h5-6,8-9,12,14,21H,1-4,7H2,(H,22,23). The monoisotopic (exact) mass is 330 g/mol. The van der Waals surface area contributed by atoms with E-state index in [1.807, 2.05) is 0 Å². The van der Waals surface area contributed by atoms with E-state index in [1.54, 1.807) is 0 Å². The highest BCUT2D eigenvalue weighted by Gasteiger charge is 2.38. The summed E-state index contributed by atoms with van der Waals surface area (Å²) in [6.45, 7) is 0. The predicted octanol–water partition coefficient (Wildman–Crippen LogP) is 3.70. The first-order valence-electron chi connectivity index (χ1n) is 7.78. The zero-order valence-corrected chi connectivity index (χ0v) is 12.4. The molecule has 1 heterocycles. The zero-order valence-electron chi connectivity index (χ0n) is 12.4. The lowest BCUT2D eigenvalue weighted by atomic mass is 9.85. The first-order chi connectivity index (χ1) is 10.8. The summed E-state index contributed by atoms with van der Waals surface area (Å²) in [4.78, 5) is 12.2. The lowest BCUT2D eigenvalue weighted by molar-refractivity contribution is -0.137. The van der Waals surface area contributed by atoms with E-state index in [-0.39, 0.29) is 6.04 Å². The Hall–Kier alpha value is -1.63. The van der Waals surface area contributed by atoms with Crippen molar-refractivity contribution >= 4 is 11.6 Å². The molecular formula is C16H18F4N2O. The molecule has 126 valence electrons. The summed E-state index contributed by atoms with van der Waals surface area (Å²) in [7, 11) is 0. The Balaban J connectivity index is 1.70. The van der Waals surface area contributed by atoms with Crippen LogP contribution in [-0.2, 0) is 11.0 Å². The average Bonchev–Trinajstić information content (AvgIpc) is 2.92. The second-order valence-corrected chi connectivity index (χ2v) is 6.29. The Morgan fingerprint density at radius 2 is 1.96 bits per heavy atom. The van der Waals surface area contributed by atoms with E-state index in [0.717, 1.165) is 31.7 Å². The summed E-state index contributed by atoms with van der Waals surface area (Å²) in [5.41, 5.74) is -1.41. The lowest BCUT2D eigenvalue weighted by Gasteiger charge is -2.24. The summed E-state index contributed by atoms with van der Waals surface area (Å²) in [5, 5.41) is 5.52. The number of carbonyl (C=O) groups excluding carboxylic acids is 1. The molecule has 2 N–H and O–H groups in total. The molecule has 0 radical (unpaired) electrons. The summed E-state index contributed by atoms with van der Waals surface area (Å²) in [5.74, 6) is -0.926. The van der Waals surface area contributed by atoms with Crippen molar-refractivity contribution < 1.29 is 22.4 Å². The number of carbonyl (C=O) groups is 1. The van der Waals surface area contributed by atoms with Gasteiger partial charge in [-0.2, -0.15) is 13.2 Å². The Morgan fingerprint density at radius 1 is 1.22 bits per heavy atom. The topological polar surface area (TPSA) is 41.1 Å². The van der Waals surface area contributed by atoms with Gasteiger partial charge in [-0.3, -0.25) is 4.79 Å². The van der Waals surface area contributed by atoms with Crippen LogP contribution in [0.2, 0.25) is 0 Å². The van der Waals surface area contributed by atoms with Crippen LogP contribution < -0.4 is 10.6 Å². The molecule has 23 heavy (non-hydrogen) atoms. The number of benzene rings is 1. The van der Waals surface area contributed by atoms with Crippen LogP contribution >= 0.6 is 0 Å². The molecular weight excluding hydrogens is 312 g/mol. The van der Waals surface area contributed by atoms with Crippen molar-refractivity contribution in [1.29, 1.82) is 0 Å². The number of halogens is 4. The molecule has 1 aliphatic carbocycles. The molecule has 1 amide bonds. The summed E-state index contributed by atoms with van der Waals surface area (Å²) < 4.78 is 51.8. The van der Waals surface area contributed by atoms with Crippen molar-refractivity contribution in [3.05, 3.63) is 29.6 Å². The number of hydrogen-bond donors (Lipinski definition) is 2. The number of alkyl halides is 3. The maximum absolute atomic E-state index is 13.7. The third kappa shape index (κ3) is 3.49. The fraction of sp³-hybridized carbons (Fsp3) is 0.562. The predicted molar refractivity (Wildman–Crippen MR) is 77.3 cm³/mol. The third-order valence-electron chi connectivity index (χ3n) is 4.73. The first kappa shape index (κ1) is 16.2. The van der Waals surface area contributed by atoms with Crippen molar-refractivity contribution in [1.82, 2.24) is 5.32 Å². The molecule has 3 unspecified atom stereocenters. The van der Waals surface area contributed by atoms with Crippen LogP contribution in [0, 0.1) is 11.7 Å². The van der Waals surface area contributed by atoms with Gasteiger partial charge in [-0.25, -0.2) is 4.39 Å². The summed E-state index contributed by atoms with van der Waals surface area (Å²) in [6, 6.07) is 1.82. The molecule has 1 saturated heterocycles. The normalized spacial score (nSPS) is 27.6. The zero-order chi connectivity index (χ0) is 16.6. The lowest BCUT2D eigenvalue weighted by Crippen LogP contribution is -2.40. The molecule has 2 aliphatic rings. The summed E-state index contributed by atoms with van der Waals surface area (Å²) in [6.07, 6.45) is 0.390. The van der Waals surface area contributed by atoms with Gasteiger partial charge in [0.1, 0.15) is 5.82 Å². The van der Waals surface area contributed by atoms with E-state index >= 15 is 0 Å². The van der Waals surface area contributed by atoms with E-state index in [0.29, 0.717) is 24.5 Å². The van der Waals surface area contributed by atoms with Gasteiger partial charge >= 0.3 is 6.18 Å². The van der Waals surface area contributed by atoms with Gasteiger partial charge in [-0.1, -0.05) is 12.8 Å². The summed E-state index contributed by atoms with van der Waals surface area (Å²) >= 11 is 0. The van der Waals surface area contributed by atoms with Gasteiger partial charge in [0.25, 0.3) is 0 Å². The molecule has 0 bridgehead atoms. The number of nitrogens with one attached hydrogen (secondary N) is 2. The average molecular weight is 330 g/mol. The molecule has 1 aromatic carbocycles. The van der Waals surface area contributed by atoms with E-state index in [4.69, 9.17) is 0 Å². The molecule has 1 aromatic rings. The molecule has 3 atom stereocenters. The van der Waals surface area contributed by atoms with Crippen LogP contribution in [0.25, 0.3) is 0 Å². The Kier molecular flexibility index (Phi) is 4.31. The van der Waals surface area contributed by atoms with E-state index in [9.17, 15) is 22.4 Å². The molecule has 3 nitrogen and oxygen atoms in total. The highest BCUT2D eigenvalue weighted by Crippen LogP contribution is 2.34. The van der Waals surface area contributed by atoms with Crippen molar-refractivity contribution in [3.63, 3.8) is 0 Å². The van der Waals surface area contributed by atoms with Gasteiger partial charge in [-0.05, 0) is 43.4 Å². The molecule has 0 aromatic heterocycles. The second kappa shape index (κ2) is 6.11. The van der Waals surface area contributed by atoms with Gasteiger partial charge in [0.15, 0.2) is 0 Å². The highest BCUT2D eigenvalue weighted by molar-refractivity contribution is 5.95. The maximum atomic E-state index is 13.7. The first-order valence-corrected chi connectivity index (χ1v) is 7.78. The highest BCUT2D eigenvalue weighted by atomic mass is 19.4. The van der Waals surface area contributed by atoms with Crippen molar-refractivity contribution in [3.8, 4) is 0 Å². The van der Waals surface area contributed by atoms with Gasteiger partial charge in [0.2, 0.25) is 5.91 Å². The molecule has 0 spiro atoms. The minimum Gasteiger partial charge on any atom is -0.322 e. The van der Waals surface area contributed by atoms with E-state index in [1.165, 1.54) is 0 Å². The molecule has 1 saturated carbocycles. The Bertz CT molecular complexity index is 588. The fourth-order valence-corrected chi connectivity index (χ4v) is 3.54. The van der Waals surface area contributed by atoms with Crippen LogP contribution in [0.4, 0.5) is 23.2 Å². The van der Waals surface area contributed by atoms with Crippen LogP contribution in [0.3, 0.4) is 0 Å². The van der Waals surface area contributed by atoms with E-state index in [2.05, 4.69) is 10.6 Å². The minimum atomic E-state index is -4.58. The molecule has 3 rings (SSSR count). The minimum absolute atomic E-state index is 0.283. The second-order valence-electron chi connectivity index (χ2n) is 6.29. The quantitative estimate of drug-likeness (QED) is 0.812. The van der Waals surface area contributed by atoms with Crippen LogP contribution in [-0.4, -0.2) is 18.0 Å². The number of rotatable bonds is 2. The number of fused-ring (bicyclic) bond motifs is 1. The van der Waals surface area contributed by atoms with Gasteiger partial charge < -0.3 is 10.6 Å². The van der Waals surface area contributed by atoms with E-state index < -0.39 is 35.2 Å². The third-order valence-corrected chi connectivity index (χ3v) is 4.73. The maximum Gasteiger partial charge on any atom is 0.416 e. The molecule has 7 heteroatoms. The Labute approximate surface area is 131 Å². The van der Waals surface area contributed by atoms with Crippen molar-refractivity contribution in [2.45, 2.75) is 50.4 Å². The van der Waals surface area contributed by atoms with Crippen LogP contribution in [0.5, 0.6) is 0 Å². The number of anilines is 1. The Morgan fingerprint density at radius 3 is 2.65 bits per heavy atom. The smallest absolute Gasteiger partial charge is 0.322 e. The van der Waals surface area contributed by atoms with Crippen LogP contribution in [0.15, 0.2) is 18.2 Å². The number of hydrogen-bond acceptors (Lipinski definition) is 2. The SMILES string of the molecule is O=C(Nc1cc(C(F)(F)F)ccc1F)C1CC2CCCCC2N1.